The zero-order valence-corrected chi connectivity index (χ0v) is 10.5. The van der Waals surface area contributed by atoms with Crippen LogP contribution in [0.5, 0.6) is 0 Å². The number of nitrogens with zero attached hydrogens (tertiary/aromatic N) is 3. The molecule has 1 saturated heterocycles. The van der Waals surface area contributed by atoms with Crippen molar-refractivity contribution in [3.05, 3.63) is 11.4 Å². The molecular weight excluding hydrogens is 236 g/mol. The van der Waals surface area contributed by atoms with Crippen LogP contribution in [0.1, 0.15) is 35.9 Å². The van der Waals surface area contributed by atoms with Crippen LogP contribution in [-0.2, 0) is 22.5 Å². The summed E-state index contributed by atoms with van der Waals surface area (Å²) in [6, 6.07) is 0.0648. The minimum atomic E-state index is -0.478. The molecule has 1 aliphatic rings. The van der Waals surface area contributed by atoms with Gasteiger partial charge < -0.3 is 10.1 Å². The number of esters is 1. The van der Waals surface area contributed by atoms with Crippen molar-refractivity contribution < 1.29 is 14.3 Å². The highest BCUT2D eigenvalue weighted by atomic mass is 16.5. The molecule has 1 aliphatic heterocycles. The third-order valence-corrected chi connectivity index (χ3v) is 3.03. The second kappa shape index (κ2) is 5.16. The standard InChI is InChI=1S/C11H16N4O3/c1-3-8-10(11(17)18-2)13-14-15(8)6-7-4-5-9(16)12-7/h7H,3-6H2,1-2H3,(H,12,16). The van der Waals surface area contributed by atoms with Crippen LogP contribution in [0.3, 0.4) is 0 Å². The van der Waals surface area contributed by atoms with Gasteiger partial charge in [0, 0.05) is 12.5 Å². The first-order chi connectivity index (χ1) is 8.65. The molecule has 1 aromatic heterocycles. The van der Waals surface area contributed by atoms with E-state index in [-0.39, 0.29) is 17.6 Å². The number of amides is 1. The van der Waals surface area contributed by atoms with Crippen LogP contribution in [0.25, 0.3) is 0 Å². The largest absolute Gasteiger partial charge is 0.464 e. The summed E-state index contributed by atoms with van der Waals surface area (Å²) in [6.45, 7) is 2.47. The Morgan fingerprint density at radius 2 is 2.39 bits per heavy atom. The molecule has 1 aromatic rings. The number of carbonyl (C=O) groups is 2. The molecule has 0 saturated carbocycles. The Morgan fingerprint density at radius 1 is 1.61 bits per heavy atom. The molecule has 18 heavy (non-hydrogen) atoms. The summed E-state index contributed by atoms with van der Waals surface area (Å²) in [5.41, 5.74) is 0.993. The number of ether oxygens (including phenoxy) is 1. The zero-order chi connectivity index (χ0) is 13.1. The van der Waals surface area contributed by atoms with Crippen molar-refractivity contribution in [2.24, 2.45) is 0 Å². The number of hydrogen-bond donors (Lipinski definition) is 1. The summed E-state index contributed by atoms with van der Waals surface area (Å²) >= 11 is 0. The topological polar surface area (TPSA) is 86.1 Å². The average Bonchev–Trinajstić information content (AvgIpc) is 2.95. The van der Waals surface area contributed by atoms with Crippen LogP contribution < -0.4 is 5.32 Å². The molecule has 2 rings (SSSR count). The quantitative estimate of drug-likeness (QED) is 0.756. The third kappa shape index (κ3) is 2.34. The van der Waals surface area contributed by atoms with E-state index in [2.05, 4.69) is 20.4 Å². The van der Waals surface area contributed by atoms with Crippen LogP contribution in [-0.4, -0.2) is 40.0 Å². The van der Waals surface area contributed by atoms with Gasteiger partial charge in [-0.15, -0.1) is 5.10 Å². The minimum absolute atomic E-state index is 0.0614. The van der Waals surface area contributed by atoms with Gasteiger partial charge in [-0.05, 0) is 12.8 Å². The van der Waals surface area contributed by atoms with Crippen LogP contribution in [0.2, 0.25) is 0 Å². The van der Waals surface area contributed by atoms with E-state index in [9.17, 15) is 9.59 Å². The summed E-state index contributed by atoms with van der Waals surface area (Å²) < 4.78 is 6.32. The first-order valence-electron chi connectivity index (χ1n) is 5.95. The van der Waals surface area contributed by atoms with Gasteiger partial charge in [-0.1, -0.05) is 12.1 Å². The normalized spacial score (nSPS) is 18.8. The Balaban J connectivity index is 2.15. The first-order valence-corrected chi connectivity index (χ1v) is 5.95. The molecule has 1 N–H and O–H groups in total. The lowest BCUT2D eigenvalue weighted by Crippen LogP contribution is -2.30. The molecule has 1 amide bonds. The highest BCUT2D eigenvalue weighted by Crippen LogP contribution is 2.13. The third-order valence-electron chi connectivity index (χ3n) is 3.03. The Kier molecular flexibility index (Phi) is 3.59. The summed E-state index contributed by atoms with van der Waals surface area (Å²) in [6.07, 6.45) is 1.97. The van der Waals surface area contributed by atoms with E-state index in [0.717, 1.165) is 12.1 Å². The van der Waals surface area contributed by atoms with Gasteiger partial charge in [-0.25, -0.2) is 9.48 Å². The minimum Gasteiger partial charge on any atom is -0.464 e. The van der Waals surface area contributed by atoms with E-state index < -0.39 is 5.97 Å². The number of methoxy groups -OCH3 is 1. The SMILES string of the molecule is CCc1c(C(=O)OC)nnn1CC1CCC(=O)N1. The number of nitrogens with one attached hydrogen (secondary N) is 1. The van der Waals surface area contributed by atoms with Crippen molar-refractivity contribution in [1.29, 1.82) is 0 Å². The predicted molar refractivity (Wildman–Crippen MR) is 61.9 cm³/mol. The molecule has 7 heteroatoms. The molecule has 0 aliphatic carbocycles. The van der Waals surface area contributed by atoms with Gasteiger partial charge in [0.2, 0.25) is 5.91 Å². The second-order valence-corrected chi connectivity index (χ2v) is 4.22. The Hall–Kier alpha value is -1.92. The predicted octanol–water partition coefficient (Wildman–Crippen LogP) is -0.0943. The van der Waals surface area contributed by atoms with Gasteiger partial charge in [0.05, 0.1) is 19.3 Å². The van der Waals surface area contributed by atoms with Gasteiger partial charge in [-0.3, -0.25) is 4.79 Å². The molecule has 0 aromatic carbocycles. The lowest BCUT2D eigenvalue weighted by Gasteiger charge is -2.11. The summed E-state index contributed by atoms with van der Waals surface area (Å²) in [7, 11) is 1.32. The molecule has 1 atom stereocenters. The fraction of sp³-hybridized carbons (Fsp3) is 0.636. The van der Waals surface area contributed by atoms with E-state index in [1.807, 2.05) is 6.92 Å². The monoisotopic (exact) mass is 252 g/mol. The maximum absolute atomic E-state index is 11.5. The maximum atomic E-state index is 11.5. The van der Waals surface area contributed by atoms with Crippen molar-refractivity contribution in [1.82, 2.24) is 20.3 Å². The van der Waals surface area contributed by atoms with Crippen molar-refractivity contribution in [2.75, 3.05) is 7.11 Å². The van der Waals surface area contributed by atoms with Crippen LogP contribution >= 0.6 is 0 Å². The summed E-state index contributed by atoms with van der Waals surface area (Å²) in [4.78, 5) is 22.6. The van der Waals surface area contributed by atoms with Gasteiger partial charge in [0.25, 0.3) is 0 Å². The van der Waals surface area contributed by atoms with Gasteiger partial charge in [-0.2, -0.15) is 0 Å². The molecule has 1 fully saturated rings. The summed E-state index contributed by atoms with van der Waals surface area (Å²) in [5.74, 6) is -0.417. The highest BCUT2D eigenvalue weighted by Gasteiger charge is 2.24. The fourth-order valence-electron chi connectivity index (χ4n) is 2.11. The number of hydrogen-bond acceptors (Lipinski definition) is 5. The van der Waals surface area contributed by atoms with E-state index >= 15 is 0 Å². The van der Waals surface area contributed by atoms with E-state index in [4.69, 9.17) is 0 Å². The van der Waals surface area contributed by atoms with Crippen molar-refractivity contribution in [2.45, 2.75) is 38.8 Å². The molecule has 0 spiro atoms. The molecular formula is C11H16N4O3. The van der Waals surface area contributed by atoms with E-state index in [0.29, 0.717) is 19.4 Å². The van der Waals surface area contributed by atoms with Crippen LogP contribution in [0.15, 0.2) is 0 Å². The number of carbonyl (C=O) groups excluding carboxylic acids is 2. The van der Waals surface area contributed by atoms with Gasteiger partial charge in [0.15, 0.2) is 5.69 Å². The second-order valence-electron chi connectivity index (χ2n) is 4.22. The number of aromatic nitrogens is 3. The number of rotatable bonds is 4. The fourth-order valence-corrected chi connectivity index (χ4v) is 2.11. The van der Waals surface area contributed by atoms with Crippen molar-refractivity contribution in [3.63, 3.8) is 0 Å². The highest BCUT2D eigenvalue weighted by molar-refractivity contribution is 5.88. The first kappa shape index (κ1) is 12.5. The van der Waals surface area contributed by atoms with Gasteiger partial charge in [0.1, 0.15) is 0 Å². The Labute approximate surface area is 104 Å². The van der Waals surface area contributed by atoms with Gasteiger partial charge >= 0.3 is 5.97 Å². The van der Waals surface area contributed by atoms with E-state index in [1.54, 1.807) is 4.68 Å². The Bertz CT molecular complexity index is 469. The molecule has 1 unspecified atom stereocenters. The summed E-state index contributed by atoms with van der Waals surface area (Å²) in [5, 5.41) is 10.7. The van der Waals surface area contributed by atoms with Crippen LogP contribution in [0, 0.1) is 0 Å². The lowest BCUT2D eigenvalue weighted by molar-refractivity contribution is -0.119. The Morgan fingerprint density at radius 3 is 2.94 bits per heavy atom. The average molecular weight is 252 g/mol. The van der Waals surface area contributed by atoms with Crippen molar-refractivity contribution in [3.8, 4) is 0 Å². The maximum Gasteiger partial charge on any atom is 0.360 e. The zero-order valence-electron chi connectivity index (χ0n) is 10.5. The molecule has 0 bridgehead atoms. The molecule has 98 valence electrons. The molecule has 2 heterocycles. The lowest BCUT2D eigenvalue weighted by atomic mass is 10.2. The smallest absolute Gasteiger partial charge is 0.360 e. The van der Waals surface area contributed by atoms with Crippen molar-refractivity contribution >= 4 is 11.9 Å². The molecule has 0 radical (unpaired) electrons. The molecule has 7 nitrogen and oxygen atoms in total. The van der Waals surface area contributed by atoms with Crippen LogP contribution in [0.4, 0.5) is 0 Å². The van der Waals surface area contributed by atoms with E-state index in [1.165, 1.54) is 7.11 Å².